The van der Waals surface area contributed by atoms with Crippen LogP contribution in [0.2, 0.25) is 0 Å². The summed E-state index contributed by atoms with van der Waals surface area (Å²) in [5, 5.41) is 7.55. The molecule has 2 heteroatoms. The van der Waals surface area contributed by atoms with Crippen LogP contribution < -0.4 is 10.6 Å². The van der Waals surface area contributed by atoms with Crippen LogP contribution in [0.3, 0.4) is 0 Å². The molecule has 2 aromatic rings. The summed E-state index contributed by atoms with van der Waals surface area (Å²) in [4.78, 5) is 0. The van der Waals surface area contributed by atoms with Crippen molar-refractivity contribution >= 4 is 11.4 Å². The lowest BCUT2D eigenvalue weighted by atomic mass is 10.0. The van der Waals surface area contributed by atoms with Gasteiger partial charge in [0.1, 0.15) is 0 Å². The summed E-state index contributed by atoms with van der Waals surface area (Å²) in [5.41, 5.74) is 5.76. The monoisotopic (exact) mass is 717 g/mol. The van der Waals surface area contributed by atoms with Crippen LogP contribution in [0.15, 0.2) is 48.5 Å². The van der Waals surface area contributed by atoms with E-state index in [1.807, 2.05) is 0 Å². The molecular formula is C50H88N2. The molecule has 0 radical (unpaired) electrons. The van der Waals surface area contributed by atoms with Crippen molar-refractivity contribution in [3.05, 3.63) is 59.7 Å². The van der Waals surface area contributed by atoms with E-state index in [2.05, 4.69) is 73.0 Å². The molecule has 0 atom stereocenters. The molecule has 52 heavy (non-hydrogen) atoms. The Morgan fingerprint density at radius 3 is 0.846 bits per heavy atom. The van der Waals surface area contributed by atoms with Gasteiger partial charge in [0.15, 0.2) is 0 Å². The molecule has 2 nitrogen and oxygen atoms in total. The first-order valence-corrected chi connectivity index (χ1v) is 23.5. The fourth-order valence-corrected chi connectivity index (χ4v) is 7.89. The number of hydrogen-bond acceptors (Lipinski definition) is 2. The zero-order chi connectivity index (χ0) is 36.8. The second-order valence-electron chi connectivity index (χ2n) is 16.3. The van der Waals surface area contributed by atoms with Crippen molar-refractivity contribution in [2.75, 3.05) is 23.7 Å². The van der Waals surface area contributed by atoms with Crippen molar-refractivity contribution in [3.8, 4) is 0 Å². The molecule has 0 aliphatic rings. The third-order valence-corrected chi connectivity index (χ3v) is 11.4. The maximum absolute atomic E-state index is 3.77. The van der Waals surface area contributed by atoms with E-state index in [1.165, 1.54) is 241 Å². The Morgan fingerprint density at radius 2 is 0.538 bits per heavy atom. The SMILES string of the molecule is CCCCCCCCCCCCCCCCc1ccccc1NCCCCCCNc1ccccc1CCCCCCCCCCCCCCCC. The summed E-state index contributed by atoms with van der Waals surface area (Å²) in [7, 11) is 0. The first kappa shape index (κ1) is 46.2. The summed E-state index contributed by atoms with van der Waals surface area (Å²) >= 11 is 0. The van der Waals surface area contributed by atoms with Crippen LogP contribution in [-0.2, 0) is 12.8 Å². The van der Waals surface area contributed by atoms with Crippen molar-refractivity contribution in [2.24, 2.45) is 0 Å². The smallest absolute Gasteiger partial charge is 0.0372 e. The molecule has 0 saturated carbocycles. The standard InChI is InChI=1S/C50H88N2/c1-3-5-7-9-11-13-15-17-19-21-23-25-27-31-39-47-41-33-35-43-49(47)51-45-37-29-30-38-46-52-50-44-36-34-42-48(50)40-32-28-26-24-22-20-18-16-14-12-10-8-6-4-2/h33-36,41-44,51-52H,3-32,37-40,45-46H2,1-2H3. The third kappa shape index (κ3) is 26.7. The molecule has 2 rings (SSSR count). The van der Waals surface area contributed by atoms with Crippen LogP contribution >= 0.6 is 0 Å². The minimum Gasteiger partial charge on any atom is -0.385 e. The highest BCUT2D eigenvalue weighted by atomic mass is 14.9. The first-order valence-electron chi connectivity index (χ1n) is 23.5. The van der Waals surface area contributed by atoms with E-state index in [-0.39, 0.29) is 0 Å². The fraction of sp³-hybridized carbons (Fsp3) is 0.760. The highest BCUT2D eigenvalue weighted by molar-refractivity contribution is 5.51. The zero-order valence-electron chi connectivity index (χ0n) is 35.1. The second-order valence-corrected chi connectivity index (χ2v) is 16.3. The van der Waals surface area contributed by atoms with Gasteiger partial charge in [0.2, 0.25) is 0 Å². The Balaban J connectivity index is 1.42. The van der Waals surface area contributed by atoms with Gasteiger partial charge in [-0.25, -0.2) is 0 Å². The molecule has 0 aliphatic heterocycles. The maximum atomic E-state index is 3.77. The number of hydrogen-bond donors (Lipinski definition) is 2. The molecule has 2 N–H and O–H groups in total. The summed E-state index contributed by atoms with van der Waals surface area (Å²) in [6, 6.07) is 18.1. The van der Waals surface area contributed by atoms with E-state index in [0.717, 1.165) is 13.1 Å². The van der Waals surface area contributed by atoms with Crippen LogP contribution in [0.1, 0.15) is 230 Å². The van der Waals surface area contributed by atoms with Gasteiger partial charge in [-0.3, -0.25) is 0 Å². The predicted molar refractivity (Wildman–Crippen MR) is 236 cm³/mol. The Labute approximate surface area is 325 Å². The van der Waals surface area contributed by atoms with Crippen molar-refractivity contribution in [2.45, 2.75) is 232 Å². The molecule has 0 saturated heterocycles. The maximum Gasteiger partial charge on any atom is 0.0372 e. The van der Waals surface area contributed by atoms with E-state index in [0.29, 0.717) is 0 Å². The molecule has 0 amide bonds. The molecule has 2 aromatic carbocycles. The minimum atomic E-state index is 1.09. The molecule has 0 aliphatic carbocycles. The van der Waals surface area contributed by atoms with Crippen LogP contribution in [0.25, 0.3) is 0 Å². The molecule has 0 bridgehead atoms. The molecule has 0 spiro atoms. The van der Waals surface area contributed by atoms with Gasteiger partial charge in [-0.2, -0.15) is 0 Å². The largest absolute Gasteiger partial charge is 0.385 e. The molecule has 0 fully saturated rings. The van der Waals surface area contributed by atoms with E-state index in [4.69, 9.17) is 0 Å². The fourth-order valence-electron chi connectivity index (χ4n) is 7.89. The highest BCUT2D eigenvalue weighted by Gasteiger charge is 2.04. The van der Waals surface area contributed by atoms with Crippen LogP contribution in [0.4, 0.5) is 11.4 Å². The second kappa shape index (κ2) is 36.0. The lowest BCUT2D eigenvalue weighted by Gasteiger charge is -2.13. The Hall–Kier alpha value is -1.96. The molecule has 0 aromatic heterocycles. The topological polar surface area (TPSA) is 24.1 Å². The van der Waals surface area contributed by atoms with Gasteiger partial charge in [-0.05, 0) is 61.8 Å². The van der Waals surface area contributed by atoms with Crippen LogP contribution in [0, 0.1) is 0 Å². The Morgan fingerprint density at radius 1 is 0.288 bits per heavy atom. The third-order valence-electron chi connectivity index (χ3n) is 11.4. The number of anilines is 2. The first-order chi connectivity index (χ1) is 25.8. The summed E-state index contributed by atoms with van der Waals surface area (Å²) in [6.07, 6.45) is 47.5. The van der Waals surface area contributed by atoms with Crippen LogP contribution in [-0.4, -0.2) is 13.1 Å². The van der Waals surface area contributed by atoms with Gasteiger partial charge in [0.05, 0.1) is 0 Å². The molecular weight excluding hydrogens is 629 g/mol. The number of rotatable bonds is 39. The minimum absolute atomic E-state index is 1.09. The lowest BCUT2D eigenvalue weighted by Crippen LogP contribution is -2.06. The Kier molecular flexibility index (Phi) is 32.0. The van der Waals surface area contributed by atoms with Gasteiger partial charge < -0.3 is 10.6 Å². The van der Waals surface area contributed by atoms with E-state index < -0.39 is 0 Å². The van der Waals surface area contributed by atoms with Gasteiger partial charge in [0, 0.05) is 24.5 Å². The highest BCUT2D eigenvalue weighted by Crippen LogP contribution is 2.21. The summed E-state index contributed by atoms with van der Waals surface area (Å²) < 4.78 is 0. The van der Waals surface area contributed by atoms with Crippen molar-refractivity contribution in [3.63, 3.8) is 0 Å². The predicted octanol–water partition coefficient (Wildman–Crippen LogP) is 16.8. The zero-order valence-corrected chi connectivity index (χ0v) is 35.1. The average molecular weight is 717 g/mol. The van der Waals surface area contributed by atoms with Crippen LogP contribution in [0.5, 0.6) is 0 Å². The number of unbranched alkanes of at least 4 members (excludes halogenated alkanes) is 29. The van der Waals surface area contributed by atoms with Gasteiger partial charge >= 0.3 is 0 Å². The molecule has 0 unspecified atom stereocenters. The van der Waals surface area contributed by atoms with Gasteiger partial charge in [-0.1, -0.05) is 230 Å². The van der Waals surface area contributed by atoms with Gasteiger partial charge in [0.25, 0.3) is 0 Å². The molecule has 0 heterocycles. The Bertz CT molecular complexity index is 933. The summed E-state index contributed by atoms with van der Waals surface area (Å²) in [5.74, 6) is 0. The number of aryl methyl sites for hydroxylation is 2. The average Bonchev–Trinajstić information content (AvgIpc) is 3.17. The molecule has 298 valence electrons. The van der Waals surface area contributed by atoms with Crippen molar-refractivity contribution in [1.82, 2.24) is 0 Å². The number of benzene rings is 2. The van der Waals surface area contributed by atoms with E-state index in [1.54, 1.807) is 0 Å². The van der Waals surface area contributed by atoms with Crippen molar-refractivity contribution < 1.29 is 0 Å². The van der Waals surface area contributed by atoms with E-state index in [9.17, 15) is 0 Å². The number of nitrogens with one attached hydrogen (secondary N) is 2. The van der Waals surface area contributed by atoms with E-state index >= 15 is 0 Å². The van der Waals surface area contributed by atoms with Crippen molar-refractivity contribution in [1.29, 1.82) is 0 Å². The van der Waals surface area contributed by atoms with Gasteiger partial charge in [-0.15, -0.1) is 0 Å². The normalized spacial score (nSPS) is 11.3. The number of para-hydroxylation sites is 2. The lowest BCUT2D eigenvalue weighted by molar-refractivity contribution is 0.535. The summed E-state index contributed by atoms with van der Waals surface area (Å²) in [6.45, 7) is 6.79. The quantitative estimate of drug-likeness (QED) is 0.0673.